The smallest absolute Gasteiger partial charge is 0.326 e. The number of esters is 1. The third kappa shape index (κ3) is 3.62. The van der Waals surface area contributed by atoms with Crippen molar-refractivity contribution >= 4 is 40.4 Å². The zero-order chi connectivity index (χ0) is 19.5. The number of benzene rings is 2. The van der Waals surface area contributed by atoms with E-state index in [0.717, 1.165) is 34.5 Å². The maximum absolute atomic E-state index is 12.5. The number of ether oxygens (including phenoxy) is 1. The van der Waals surface area contributed by atoms with E-state index in [-0.39, 0.29) is 19.1 Å². The van der Waals surface area contributed by atoms with Crippen LogP contribution in [0.15, 0.2) is 48.5 Å². The van der Waals surface area contributed by atoms with Gasteiger partial charge in [0.25, 0.3) is 5.91 Å². The van der Waals surface area contributed by atoms with Gasteiger partial charge in [0, 0.05) is 12.2 Å². The molecule has 0 fully saturated rings. The Morgan fingerprint density at radius 1 is 1.14 bits per heavy atom. The molecule has 0 spiro atoms. The van der Waals surface area contributed by atoms with Crippen LogP contribution in [0.1, 0.15) is 11.4 Å². The minimum Gasteiger partial charge on any atom is -0.454 e. The highest BCUT2D eigenvalue weighted by Crippen LogP contribution is 2.27. The summed E-state index contributed by atoms with van der Waals surface area (Å²) in [6.07, 6.45) is 2.82. The van der Waals surface area contributed by atoms with Crippen molar-refractivity contribution in [2.24, 2.45) is 0 Å². The SMILES string of the molecule is CSCc1nc2ccccc2n1CC(=O)OCC(=O)N1CCc2ccccc21. The van der Waals surface area contributed by atoms with E-state index in [1.54, 1.807) is 16.7 Å². The third-order valence-electron chi connectivity index (χ3n) is 4.84. The monoisotopic (exact) mass is 395 g/mol. The van der Waals surface area contributed by atoms with Crippen molar-refractivity contribution in [3.8, 4) is 0 Å². The number of carbonyl (C=O) groups excluding carboxylic acids is 2. The summed E-state index contributed by atoms with van der Waals surface area (Å²) in [5.41, 5.74) is 3.80. The molecule has 0 aliphatic carbocycles. The molecule has 0 saturated carbocycles. The number of imidazole rings is 1. The maximum Gasteiger partial charge on any atom is 0.326 e. The molecule has 0 unspecified atom stereocenters. The Bertz CT molecular complexity index is 1030. The number of rotatable bonds is 6. The molecule has 2 heterocycles. The zero-order valence-electron chi connectivity index (χ0n) is 15.6. The van der Waals surface area contributed by atoms with Gasteiger partial charge < -0.3 is 14.2 Å². The van der Waals surface area contributed by atoms with Crippen LogP contribution in [0.25, 0.3) is 11.0 Å². The minimum atomic E-state index is -0.439. The van der Waals surface area contributed by atoms with Crippen LogP contribution in [-0.4, -0.2) is 40.8 Å². The fourth-order valence-electron chi connectivity index (χ4n) is 3.53. The summed E-state index contributed by atoms with van der Waals surface area (Å²) < 4.78 is 7.17. The van der Waals surface area contributed by atoms with Crippen molar-refractivity contribution in [1.82, 2.24) is 9.55 Å². The zero-order valence-corrected chi connectivity index (χ0v) is 16.4. The van der Waals surface area contributed by atoms with Gasteiger partial charge in [-0.25, -0.2) is 4.98 Å². The summed E-state index contributed by atoms with van der Waals surface area (Å²) in [5, 5.41) is 0. The summed E-state index contributed by atoms with van der Waals surface area (Å²) in [7, 11) is 0. The van der Waals surface area contributed by atoms with E-state index >= 15 is 0 Å². The number of anilines is 1. The highest BCUT2D eigenvalue weighted by molar-refractivity contribution is 7.97. The van der Waals surface area contributed by atoms with Crippen molar-refractivity contribution in [3.63, 3.8) is 0 Å². The Balaban J connectivity index is 1.42. The second-order valence-electron chi connectivity index (χ2n) is 6.62. The van der Waals surface area contributed by atoms with Crippen LogP contribution in [0, 0.1) is 0 Å². The predicted molar refractivity (Wildman–Crippen MR) is 110 cm³/mol. The van der Waals surface area contributed by atoms with E-state index in [9.17, 15) is 9.59 Å². The average Bonchev–Trinajstić information content (AvgIpc) is 3.29. The van der Waals surface area contributed by atoms with E-state index in [1.807, 2.05) is 59.4 Å². The number of thioether (sulfide) groups is 1. The van der Waals surface area contributed by atoms with Gasteiger partial charge in [0.1, 0.15) is 12.4 Å². The molecule has 6 nitrogen and oxygen atoms in total. The summed E-state index contributed by atoms with van der Waals surface area (Å²) in [6, 6.07) is 15.5. The maximum atomic E-state index is 12.5. The number of para-hydroxylation sites is 3. The second-order valence-corrected chi connectivity index (χ2v) is 7.49. The van der Waals surface area contributed by atoms with Gasteiger partial charge in [0.2, 0.25) is 0 Å². The Labute approximate surface area is 167 Å². The standard InChI is InChI=1S/C21H21N3O3S/c1-28-14-19-22-16-7-3-5-9-18(16)24(19)12-21(26)27-13-20(25)23-11-10-15-6-2-4-8-17(15)23/h2-9H,10-14H2,1H3. The first-order valence-corrected chi connectivity index (χ1v) is 10.5. The molecular weight excluding hydrogens is 374 g/mol. The summed E-state index contributed by atoms with van der Waals surface area (Å²) in [4.78, 5) is 31.2. The van der Waals surface area contributed by atoms with Crippen LogP contribution in [0.4, 0.5) is 5.69 Å². The van der Waals surface area contributed by atoms with Crippen LogP contribution in [0.5, 0.6) is 0 Å². The van der Waals surface area contributed by atoms with E-state index < -0.39 is 5.97 Å². The molecule has 0 N–H and O–H groups in total. The summed E-state index contributed by atoms with van der Waals surface area (Å²) in [5.74, 6) is 0.890. The van der Waals surface area contributed by atoms with Gasteiger partial charge in [-0.15, -0.1) is 0 Å². The number of nitrogens with zero attached hydrogens (tertiary/aromatic N) is 3. The van der Waals surface area contributed by atoms with Gasteiger partial charge >= 0.3 is 5.97 Å². The lowest BCUT2D eigenvalue weighted by molar-refractivity contribution is -0.148. The number of fused-ring (bicyclic) bond motifs is 2. The Morgan fingerprint density at radius 2 is 1.93 bits per heavy atom. The van der Waals surface area contributed by atoms with Gasteiger partial charge in [0.05, 0.1) is 16.8 Å². The van der Waals surface area contributed by atoms with Gasteiger partial charge in [-0.05, 0) is 36.4 Å². The fourth-order valence-corrected chi connectivity index (χ4v) is 4.01. The number of carbonyl (C=O) groups is 2. The molecule has 0 bridgehead atoms. The molecule has 1 amide bonds. The minimum absolute atomic E-state index is 0.0419. The van der Waals surface area contributed by atoms with Crippen LogP contribution in [0.3, 0.4) is 0 Å². The summed E-state index contributed by atoms with van der Waals surface area (Å²) in [6.45, 7) is 0.414. The van der Waals surface area contributed by atoms with Crippen molar-refractivity contribution < 1.29 is 14.3 Å². The number of hydrogen-bond donors (Lipinski definition) is 0. The molecule has 1 aliphatic heterocycles. The number of amides is 1. The molecule has 0 radical (unpaired) electrons. The molecule has 28 heavy (non-hydrogen) atoms. The first-order valence-electron chi connectivity index (χ1n) is 9.14. The molecule has 4 rings (SSSR count). The molecular formula is C21H21N3O3S. The third-order valence-corrected chi connectivity index (χ3v) is 5.39. The highest BCUT2D eigenvalue weighted by Gasteiger charge is 2.25. The molecule has 2 aromatic carbocycles. The molecule has 0 saturated heterocycles. The first kappa shape index (κ1) is 18.6. The highest BCUT2D eigenvalue weighted by atomic mass is 32.2. The van der Waals surface area contributed by atoms with Gasteiger partial charge in [-0.2, -0.15) is 11.8 Å². The molecule has 1 aromatic heterocycles. The van der Waals surface area contributed by atoms with Crippen molar-refractivity contribution in [1.29, 1.82) is 0 Å². The lowest BCUT2D eigenvalue weighted by Gasteiger charge is -2.17. The van der Waals surface area contributed by atoms with Crippen molar-refractivity contribution in [2.75, 3.05) is 24.3 Å². The van der Waals surface area contributed by atoms with E-state index in [0.29, 0.717) is 12.3 Å². The van der Waals surface area contributed by atoms with Crippen LogP contribution < -0.4 is 4.90 Å². The molecule has 7 heteroatoms. The lowest BCUT2D eigenvalue weighted by atomic mass is 10.2. The molecule has 1 aliphatic rings. The largest absolute Gasteiger partial charge is 0.454 e. The molecule has 0 atom stereocenters. The lowest BCUT2D eigenvalue weighted by Crippen LogP contribution is -2.33. The Kier molecular flexibility index (Phi) is 5.34. The average molecular weight is 395 g/mol. The Hall–Kier alpha value is -2.80. The number of hydrogen-bond acceptors (Lipinski definition) is 5. The van der Waals surface area contributed by atoms with E-state index in [2.05, 4.69) is 4.98 Å². The topological polar surface area (TPSA) is 64.4 Å². The van der Waals surface area contributed by atoms with E-state index in [4.69, 9.17) is 4.74 Å². The summed E-state index contributed by atoms with van der Waals surface area (Å²) >= 11 is 1.64. The Morgan fingerprint density at radius 3 is 2.79 bits per heavy atom. The van der Waals surface area contributed by atoms with Gasteiger partial charge in [-0.1, -0.05) is 30.3 Å². The van der Waals surface area contributed by atoms with Crippen LogP contribution >= 0.6 is 11.8 Å². The predicted octanol–water partition coefficient (Wildman–Crippen LogP) is 3.03. The number of aromatic nitrogens is 2. The molecule has 144 valence electrons. The van der Waals surface area contributed by atoms with Gasteiger partial charge in [0.15, 0.2) is 6.61 Å². The van der Waals surface area contributed by atoms with Gasteiger partial charge in [-0.3, -0.25) is 9.59 Å². The fraction of sp³-hybridized carbons (Fsp3) is 0.286. The van der Waals surface area contributed by atoms with Crippen LogP contribution in [0.2, 0.25) is 0 Å². The first-order chi connectivity index (χ1) is 13.7. The quantitative estimate of drug-likeness (QED) is 0.601. The second kappa shape index (κ2) is 8.06. The van der Waals surface area contributed by atoms with Crippen molar-refractivity contribution in [2.45, 2.75) is 18.7 Å². The molecule has 3 aromatic rings. The van der Waals surface area contributed by atoms with E-state index in [1.165, 1.54) is 0 Å². The van der Waals surface area contributed by atoms with Crippen molar-refractivity contribution in [3.05, 3.63) is 59.9 Å². The normalized spacial score (nSPS) is 13.0. The van der Waals surface area contributed by atoms with Crippen LogP contribution in [-0.2, 0) is 33.0 Å².